The fourth-order valence-electron chi connectivity index (χ4n) is 2.43. The number of hydrogen-bond donors (Lipinski definition) is 3. The van der Waals surface area contributed by atoms with Crippen molar-refractivity contribution in [3.05, 3.63) is 36.5 Å². The van der Waals surface area contributed by atoms with Gasteiger partial charge in [0.2, 0.25) is 5.91 Å². The van der Waals surface area contributed by atoms with Crippen molar-refractivity contribution in [2.75, 3.05) is 5.32 Å². The van der Waals surface area contributed by atoms with Gasteiger partial charge >= 0.3 is 5.97 Å². The van der Waals surface area contributed by atoms with Crippen LogP contribution in [-0.2, 0) is 9.59 Å². The Labute approximate surface area is 141 Å². The van der Waals surface area contributed by atoms with E-state index in [4.69, 9.17) is 0 Å². The van der Waals surface area contributed by atoms with Crippen LogP contribution in [-0.4, -0.2) is 34.1 Å². The highest BCUT2D eigenvalue weighted by Crippen LogP contribution is 2.16. The summed E-state index contributed by atoms with van der Waals surface area (Å²) in [7, 11) is 0. The Morgan fingerprint density at radius 2 is 2.04 bits per heavy atom. The maximum Gasteiger partial charge on any atom is 0.326 e. The van der Waals surface area contributed by atoms with Gasteiger partial charge in [-0.05, 0) is 25.5 Å². The number of carboxylic acids is 1. The minimum absolute atomic E-state index is 0.341. The quantitative estimate of drug-likeness (QED) is 0.693. The van der Waals surface area contributed by atoms with Gasteiger partial charge in [-0.1, -0.05) is 38.0 Å². The summed E-state index contributed by atoms with van der Waals surface area (Å²) in [5.41, 5.74) is 1.60. The lowest BCUT2D eigenvalue weighted by Crippen LogP contribution is -2.46. The van der Waals surface area contributed by atoms with Crippen LogP contribution in [0.5, 0.6) is 0 Å². The number of unbranched alkanes of at least 4 members (excludes halogenated alkanes) is 1. The molecule has 128 valence electrons. The maximum atomic E-state index is 12.2. The van der Waals surface area contributed by atoms with E-state index in [1.165, 1.54) is 0 Å². The van der Waals surface area contributed by atoms with E-state index in [0.29, 0.717) is 6.42 Å². The third kappa shape index (κ3) is 4.68. The second kappa shape index (κ2) is 8.29. The lowest BCUT2D eigenvalue weighted by Gasteiger charge is -2.19. The number of rotatable bonds is 8. The van der Waals surface area contributed by atoms with E-state index < -0.39 is 18.1 Å². The zero-order valence-corrected chi connectivity index (χ0v) is 14.0. The number of carbonyl (C=O) groups is 2. The smallest absolute Gasteiger partial charge is 0.326 e. The molecule has 0 spiro atoms. The number of nitrogens with one attached hydrogen (secondary N) is 2. The van der Waals surface area contributed by atoms with Crippen LogP contribution in [0.4, 0.5) is 5.69 Å². The van der Waals surface area contributed by atoms with Gasteiger partial charge in [0.15, 0.2) is 0 Å². The first-order valence-corrected chi connectivity index (χ1v) is 8.15. The Kier molecular flexibility index (Phi) is 6.12. The van der Waals surface area contributed by atoms with Crippen LogP contribution in [0.2, 0.25) is 0 Å². The molecule has 2 unspecified atom stereocenters. The third-order valence-electron chi connectivity index (χ3n) is 3.83. The molecule has 6 nitrogen and oxygen atoms in total. The van der Waals surface area contributed by atoms with Gasteiger partial charge in [0.05, 0.1) is 17.4 Å². The molecule has 0 bridgehead atoms. The summed E-state index contributed by atoms with van der Waals surface area (Å²) >= 11 is 0. The summed E-state index contributed by atoms with van der Waals surface area (Å²) < 4.78 is 0. The van der Waals surface area contributed by atoms with Gasteiger partial charge in [-0.2, -0.15) is 0 Å². The van der Waals surface area contributed by atoms with Gasteiger partial charge < -0.3 is 15.7 Å². The number of carbonyl (C=O) groups excluding carboxylic acids is 1. The van der Waals surface area contributed by atoms with Gasteiger partial charge in [-0.15, -0.1) is 0 Å². The van der Waals surface area contributed by atoms with Gasteiger partial charge in [-0.3, -0.25) is 9.78 Å². The predicted octanol–water partition coefficient (Wildman–Crippen LogP) is 2.79. The van der Waals surface area contributed by atoms with Gasteiger partial charge in [0.1, 0.15) is 12.1 Å². The molecular formula is C18H23N3O3. The normalized spacial score (nSPS) is 13.2. The number of aromatic nitrogens is 1. The predicted molar refractivity (Wildman–Crippen MR) is 93.9 cm³/mol. The molecule has 2 rings (SSSR count). The van der Waals surface area contributed by atoms with Crippen LogP contribution in [0, 0.1) is 0 Å². The largest absolute Gasteiger partial charge is 0.480 e. The molecule has 0 saturated heterocycles. The fraction of sp³-hybridized carbons (Fsp3) is 0.389. The molecule has 2 atom stereocenters. The minimum Gasteiger partial charge on any atom is -0.480 e. The number of aliphatic carboxylic acids is 1. The highest BCUT2D eigenvalue weighted by Gasteiger charge is 2.22. The van der Waals surface area contributed by atoms with Crippen molar-refractivity contribution in [2.24, 2.45) is 0 Å². The minimum atomic E-state index is -1.00. The molecule has 1 amide bonds. The third-order valence-corrected chi connectivity index (χ3v) is 3.83. The van der Waals surface area contributed by atoms with Crippen molar-refractivity contribution in [2.45, 2.75) is 45.2 Å². The standard InChI is InChI=1S/C18H23N3O3/c1-3-4-8-16(18(23)24)21-17(22)12(2)20-14-10-13-7-5-6-9-15(13)19-11-14/h5-7,9-12,16,20H,3-4,8H2,1-2H3,(H,21,22)(H,23,24). The molecular weight excluding hydrogens is 306 g/mol. The van der Waals surface area contributed by atoms with E-state index >= 15 is 0 Å². The van der Waals surface area contributed by atoms with Crippen molar-refractivity contribution in [3.8, 4) is 0 Å². The summed E-state index contributed by atoms with van der Waals surface area (Å²) in [5, 5.41) is 15.8. The summed E-state index contributed by atoms with van der Waals surface area (Å²) in [6.07, 6.45) is 3.74. The second-order valence-electron chi connectivity index (χ2n) is 5.82. The Balaban J connectivity index is 2.00. The van der Waals surface area contributed by atoms with Crippen LogP contribution in [0.3, 0.4) is 0 Å². The van der Waals surface area contributed by atoms with E-state index in [1.807, 2.05) is 37.3 Å². The summed E-state index contributed by atoms with van der Waals surface area (Å²) in [6.45, 7) is 3.68. The molecule has 24 heavy (non-hydrogen) atoms. The highest BCUT2D eigenvalue weighted by atomic mass is 16.4. The van der Waals surface area contributed by atoms with Crippen LogP contribution >= 0.6 is 0 Å². The van der Waals surface area contributed by atoms with E-state index in [-0.39, 0.29) is 5.91 Å². The van der Waals surface area contributed by atoms with Crippen molar-refractivity contribution in [3.63, 3.8) is 0 Å². The Bertz CT molecular complexity index is 717. The van der Waals surface area contributed by atoms with E-state index in [0.717, 1.165) is 29.4 Å². The number of amides is 1. The maximum absolute atomic E-state index is 12.2. The number of hydrogen-bond acceptors (Lipinski definition) is 4. The van der Waals surface area contributed by atoms with Gasteiger partial charge in [-0.25, -0.2) is 4.79 Å². The molecule has 0 fully saturated rings. The van der Waals surface area contributed by atoms with Crippen molar-refractivity contribution in [1.82, 2.24) is 10.3 Å². The van der Waals surface area contributed by atoms with Crippen LogP contribution < -0.4 is 10.6 Å². The lowest BCUT2D eigenvalue weighted by molar-refractivity contribution is -0.142. The Morgan fingerprint density at radius 1 is 1.29 bits per heavy atom. The van der Waals surface area contributed by atoms with Gasteiger partial charge in [0.25, 0.3) is 0 Å². The Morgan fingerprint density at radius 3 is 2.75 bits per heavy atom. The average Bonchev–Trinajstić information content (AvgIpc) is 2.57. The van der Waals surface area contributed by atoms with Crippen LogP contribution in [0.15, 0.2) is 36.5 Å². The zero-order valence-electron chi connectivity index (χ0n) is 14.0. The SMILES string of the molecule is CCCCC(NC(=O)C(C)Nc1cnc2ccccc2c1)C(=O)O. The molecule has 3 N–H and O–H groups in total. The number of para-hydroxylation sites is 1. The van der Waals surface area contributed by atoms with Gasteiger partial charge in [0, 0.05) is 5.39 Å². The molecule has 1 heterocycles. The molecule has 0 radical (unpaired) electrons. The molecule has 1 aromatic heterocycles. The first-order valence-electron chi connectivity index (χ1n) is 8.15. The van der Waals surface area contributed by atoms with E-state index in [9.17, 15) is 14.7 Å². The molecule has 1 aromatic carbocycles. The number of fused-ring (bicyclic) bond motifs is 1. The van der Waals surface area contributed by atoms with Crippen LogP contribution in [0.1, 0.15) is 33.1 Å². The number of benzene rings is 1. The van der Waals surface area contributed by atoms with Crippen molar-refractivity contribution < 1.29 is 14.7 Å². The number of pyridine rings is 1. The number of nitrogens with zero attached hydrogens (tertiary/aromatic N) is 1. The van der Waals surface area contributed by atoms with Crippen molar-refractivity contribution >= 4 is 28.5 Å². The average molecular weight is 329 g/mol. The zero-order chi connectivity index (χ0) is 17.5. The first kappa shape index (κ1) is 17.7. The van der Waals surface area contributed by atoms with Crippen molar-refractivity contribution in [1.29, 1.82) is 0 Å². The topological polar surface area (TPSA) is 91.3 Å². The molecule has 6 heteroatoms. The summed E-state index contributed by atoms with van der Waals surface area (Å²) in [6, 6.07) is 8.21. The second-order valence-corrected chi connectivity index (χ2v) is 5.82. The molecule has 0 aliphatic rings. The molecule has 2 aromatic rings. The monoisotopic (exact) mass is 329 g/mol. The Hall–Kier alpha value is -2.63. The highest BCUT2D eigenvalue weighted by molar-refractivity contribution is 5.89. The number of anilines is 1. The van der Waals surface area contributed by atoms with E-state index in [1.54, 1.807) is 13.1 Å². The first-order chi connectivity index (χ1) is 11.5. The number of carboxylic acid groups (broad SMARTS) is 1. The molecule has 0 saturated carbocycles. The lowest BCUT2D eigenvalue weighted by atomic mass is 10.1. The van der Waals surface area contributed by atoms with Crippen LogP contribution in [0.25, 0.3) is 10.9 Å². The molecule has 0 aliphatic carbocycles. The summed E-state index contributed by atoms with van der Waals surface area (Å²) in [5.74, 6) is -1.34. The summed E-state index contributed by atoms with van der Waals surface area (Å²) in [4.78, 5) is 27.8. The van der Waals surface area contributed by atoms with E-state index in [2.05, 4.69) is 15.6 Å². The fourth-order valence-corrected chi connectivity index (χ4v) is 2.43. The molecule has 0 aliphatic heterocycles.